The molecule has 0 fully saturated rings. The maximum absolute atomic E-state index is 12.0. The molecule has 6 nitrogen and oxygen atoms in total. The van der Waals surface area contributed by atoms with Gasteiger partial charge in [-0.15, -0.1) is 0 Å². The predicted octanol–water partition coefficient (Wildman–Crippen LogP) is 3.23. The van der Waals surface area contributed by atoms with Crippen molar-refractivity contribution in [1.29, 1.82) is 0 Å². The summed E-state index contributed by atoms with van der Waals surface area (Å²) in [5.41, 5.74) is 2.92. The van der Waals surface area contributed by atoms with Gasteiger partial charge in [-0.3, -0.25) is 4.79 Å². The Balaban J connectivity index is 1.89. The molecule has 0 radical (unpaired) electrons. The Morgan fingerprint density at radius 3 is 2.40 bits per heavy atom. The topological polar surface area (TPSA) is 76.7 Å². The maximum atomic E-state index is 12.0. The molecular formula is C19H22N2O4. The van der Waals surface area contributed by atoms with Crippen LogP contribution in [0.4, 0.5) is 11.4 Å². The van der Waals surface area contributed by atoms with Crippen molar-refractivity contribution in [1.82, 2.24) is 0 Å². The third kappa shape index (κ3) is 5.32. The second-order valence-electron chi connectivity index (χ2n) is 5.47. The first-order chi connectivity index (χ1) is 12.0. The average molecular weight is 342 g/mol. The lowest BCUT2D eigenvalue weighted by Crippen LogP contribution is -2.21. The first-order valence-electron chi connectivity index (χ1n) is 7.88. The molecule has 0 aromatic heterocycles. The fourth-order valence-electron chi connectivity index (χ4n) is 2.23. The molecule has 1 amide bonds. The van der Waals surface area contributed by atoms with Gasteiger partial charge in [-0.25, -0.2) is 4.79 Å². The van der Waals surface area contributed by atoms with Gasteiger partial charge in [0.2, 0.25) is 5.91 Å². The Morgan fingerprint density at radius 1 is 1.04 bits per heavy atom. The van der Waals surface area contributed by atoms with E-state index < -0.39 is 5.97 Å². The molecule has 2 N–H and O–H groups in total. The lowest BCUT2D eigenvalue weighted by atomic mass is 10.1. The normalized spacial score (nSPS) is 11.5. The molecular weight excluding hydrogens is 320 g/mol. The summed E-state index contributed by atoms with van der Waals surface area (Å²) in [5.74, 6) is -0.597. The van der Waals surface area contributed by atoms with E-state index in [1.54, 1.807) is 31.4 Å². The number of nitrogens with one attached hydrogen (secondary N) is 2. The summed E-state index contributed by atoms with van der Waals surface area (Å²) in [5, 5.41) is 5.85. The summed E-state index contributed by atoms with van der Waals surface area (Å²) in [4.78, 5) is 23.4. The monoisotopic (exact) mass is 342 g/mol. The molecule has 2 aromatic rings. The molecule has 0 saturated carbocycles. The summed E-state index contributed by atoms with van der Waals surface area (Å²) in [6, 6.07) is 14.3. The van der Waals surface area contributed by atoms with Crippen LogP contribution in [0.5, 0.6) is 0 Å². The molecule has 2 aromatic carbocycles. The van der Waals surface area contributed by atoms with Gasteiger partial charge in [0, 0.05) is 18.5 Å². The van der Waals surface area contributed by atoms with Crippen LogP contribution in [0.15, 0.2) is 48.5 Å². The third-order valence-corrected chi connectivity index (χ3v) is 3.75. The highest BCUT2D eigenvalue weighted by molar-refractivity contribution is 5.95. The summed E-state index contributed by atoms with van der Waals surface area (Å²) in [6.07, 6.45) is -0.0103. The van der Waals surface area contributed by atoms with Crippen LogP contribution in [0.1, 0.15) is 28.9 Å². The molecule has 0 aliphatic heterocycles. The second-order valence-corrected chi connectivity index (χ2v) is 5.47. The second kappa shape index (κ2) is 8.84. The minimum atomic E-state index is -0.412. The Labute approximate surface area is 147 Å². The van der Waals surface area contributed by atoms with Crippen LogP contribution in [0.25, 0.3) is 0 Å². The van der Waals surface area contributed by atoms with Gasteiger partial charge in [0.25, 0.3) is 0 Å². The number of methoxy groups -OCH3 is 2. The smallest absolute Gasteiger partial charge is 0.337 e. The highest BCUT2D eigenvalue weighted by atomic mass is 16.5. The number of esters is 1. The van der Waals surface area contributed by atoms with E-state index in [1.807, 2.05) is 31.2 Å². The van der Waals surface area contributed by atoms with Crippen molar-refractivity contribution in [2.24, 2.45) is 0 Å². The number of anilines is 2. The van der Waals surface area contributed by atoms with E-state index in [2.05, 4.69) is 15.4 Å². The summed E-state index contributed by atoms with van der Waals surface area (Å²) < 4.78 is 9.92. The van der Waals surface area contributed by atoms with Gasteiger partial charge < -0.3 is 20.1 Å². The predicted molar refractivity (Wildman–Crippen MR) is 96.8 cm³/mol. The molecule has 0 saturated heterocycles. The van der Waals surface area contributed by atoms with Crippen molar-refractivity contribution >= 4 is 23.3 Å². The number of carbonyl (C=O) groups excluding carboxylic acids is 2. The molecule has 0 heterocycles. The molecule has 25 heavy (non-hydrogen) atoms. The van der Waals surface area contributed by atoms with E-state index in [9.17, 15) is 9.59 Å². The zero-order valence-corrected chi connectivity index (χ0v) is 14.5. The summed E-state index contributed by atoms with van der Waals surface area (Å²) in [7, 11) is 2.98. The van der Waals surface area contributed by atoms with E-state index in [4.69, 9.17) is 4.74 Å². The molecule has 1 atom stereocenters. The van der Waals surface area contributed by atoms with Crippen LogP contribution in [-0.4, -0.2) is 32.6 Å². The van der Waals surface area contributed by atoms with Crippen LogP contribution in [0.3, 0.4) is 0 Å². The summed E-state index contributed by atoms with van der Waals surface area (Å²) in [6.45, 7) is 2.09. The molecule has 132 valence electrons. The number of amides is 1. The minimum absolute atomic E-state index is 0.0103. The first kappa shape index (κ1) is 18.5. The van der Waals surface area contributed by atoms with Crippen LogP contribution in [0, 0.1) is 0 Å². The van der Waals surface area contributed by atoms with Crippen molar-refractivity contribution in [2.45, 2.75) is 13.0 Å². The fourth-order valence-corrected chi connectivity index (χ4v) is 2.23. The van der Waals surface area contributed by atoms with Gasteiger partial charge in [-0.2, -0.15) is 0 Å². The zero-order valence-electron chi connectivity index (χ0n) is 14.5. The average Bonchev–Trinajstić information content (AvgIpc) is 2.66. The zero-order chi connectivity index (χ0) is 18.2. The number of ether oxygens (including phenoxy) is 2. The van der Waals surface area contributed by atoms with E-state index in [-0.39, 0.29) is 18.6 Å². The van der Waals surface area contributed by atoms with Crippen molar-refractivity contribution in [3.05, 3.63) is 59.7 Å². The van der Waals surface area contributed by atoms with E-state index >= 15 is 0 Å². The number of carbonyl (C=O) groups is 2. The van der Waals surface area contributed by atoms with Crippen LogP contribution < -0.4 is 10.6 Å². The number of hydrogen-bond acceptors (Lipinski definition) is 5. The largest absolute Gasteiger partial charge is 0.465 e. The number of benzene rings is 2. The van der Waals surface area contributed by atoms with Crippen LogP contribution in [0.2, 0.25) is 0 Å². The van der Waals surface area contributed by atoms with Crippen molar-refractivity contribution in [2.75, 3.05) is 31.4 Å². The van der Waals surface area contributed by atoms with E-state index in [1.165, 1.54) is 7.11 Å². The molecule has 0 aliphatic carbocycles. The molecule has 0 aliphatic rings. The van der Waals surface area contributed by atoms with Crippen molar-refractivity contribution in [3.8, 4) is 0 Å². The van der Waals surface area contributed by atoms with Gasteiger partial charge in [-0.05, 0) is 48.9 Å². The Hall–Kier alpha value is -2.86. The van der Waals surface area contributed by atoms with Gasteiger partial charge >= 0.3 is 5.97 Å². The Morgan fingerprint density at radius 2 is 1.76 bits per heavy atom. The maximum Gasteiger partial charge on any atom is 0.337 e. The van der Waals surface area contributed by atoms with E-state index in [0.717, 1.165) is 11.3 Å². The first-order valence-corrected chi connectivity index (χ1v) is 7.88. The molecule has 0 unspecified atom stereocenters. The lowest BCUT2D eigenvalue weighted by molar-refractivity contribution is -0.114. The van der Waals surface area contributed by atoms with Crippen molar-refractivity contribution < 1.29 is 19.1 Å². The molecule has 0 spiro atoms. The standard InChI is InChI=1S/C19H22N2O4/c1-13(24-2)15-5-4-6-17(11-15)20-12-18(22)21-16-9-7-14(8-10-16)19(23)25-3/h4-11,13,20H,12H2,1-3H3,(H,21,22)/t13-/m0/s1. The molecule has 0 bridgehead atoms. The highest BCUT2D eigenvalue weighted by Gasteiger charge is 2.07. The number of rotatable bonds is 7. The van der Waals surface area contributed by atoms with Crippen LogP contribution >= 0.6 is 0 Å². The fraction of sp³-hybridized carbons (Fsp3) is 0.263. The Kier molecular flexibility index (Phi) is 6.54. The minimum Gasteiger partial charge on any atom is -0.465 e. The molecule has 6 heteroatoms. The van der Waals surface area contributed by atoms with Gasteiger partial charge in [0.15, 0.2) is 0 Å². The Bertz CT molecular complexity index is 728. The quantitative estimate of drug-likeness (QED) is 0.756. The van der Waals surface area contributed by atoms with Gasteiger partial charge in [0.05, 0.1) is 25.3 Å². The van der Waals surface area contributed by atoms with Crippen molar-refractivity contribution in [3.63, 3.8) is 0 Å². The SMILES string of the molecule is COC(=O)c1ccc(NC(=O)CNc2cccc([C@H](C)OC)c2)cc1. The lowest BCUT2D eigenvalue weighted by Gasteiger charge is -2.12. The highest BCUT2D eigenvalue weighted by Crippen LogP contribution is 2.19. The van der Waals surface area contributed by atoms with Gasteiger partial charge in [-0.1, -0.05) is 12.1 Å². The molecule has 2 rings (SSSR count). The summed E-state index contributed by atoms with van der Waals surface area (Å²) >= 11 is 0. The number of hydrogen-bond donors (Lipinski definition) is 2. The third-order valence-electron chi connectivity index (χ3n) is 3.75. The van der Waals surface area contributed by atoms with E-state index in [0.29, 0.717) is 11.3 Å². The van der Waals surface area contributed by atoms with Crippen LogP contribution in [-0.2, 0) is 14.3 Å². The van der Waals surface area contributed by atoms with Gasteiger partial charge in [0.1, 0.15) is 0 Å².